The molecule has 0 atom stereocenters. The van der Waals surface area contributed by atoms with Gasteiger partial charge in [-0.25, -0.2) is 0 Å². The summed E-state index contributed by atoms with van der Waals surface area (Å²) >= 11 is 0. The van der Waals surface area contributed by atoms with E-state index in [9.17, 15) is 4.79 Å². The first-order chi connectivity index (χ1) is 9.65. The molecule has 2 heteroatoms. The van der Waals surface area contributed by atoms with E-state index in [0.717, 1.165) is 17.7 Å². The van der Waals surface area contributed by atoms with Crippen LogP contribution in [0.25, 0.3) is 0 Å². The van der Waals surface area contributed by atoms with Crippen molar-refractivity contribution in [3.8, 4) is 5.75 Å². The van der Waals surface area contributed by atoms with Crippen LogP contribution in [-0.2, 0) is 6.42 Å². The lowest BCUT2D eigenvalue weighted by Gasteiger charge is -2.08. The maximum atomic E-state index is 12.1. The molecule has 0 heterocycles. The molecule has 0 amide bonds. The van der Waals surface area contributed by atoms with Crippen molar-refractivity contribution in [3.63, 3.8) is 0 Å². The second-order valence-electron chi connectivity index (χ2n) is 5.32. The summed E-state index contributed by atoms with van der Waals surface area (Å²) in [5.74, 6) is 1.32. The molecule has 0 radical (unpaired) electrons. The molecule has 2 nitrogen and oxygen atoms in total. The van der Waals surface area contributed by atoms with Gasteiger partial charge in [-0.05, 0) is 36.1 Å². The minimum atomic E-state index is 0.0134. The van der Waals surface area contributed by atoms with Crippen molar-refractivity contribution in [1.29, 1.82) is 0 Å². The van der Waals surface area contributed by atoms with Gasteiger partial charge in [0.15, 0.2) is 12.4 Å². The Morgan fingerprint density at radius 3 is 2.50 bits per heavy atom. The Morgan fingerprint density at radius 2 is 1.80 bits per heavy atom. The molecular formula is C18H20O2. The van der Waals surface area contributed by atoms with Crippen LogP contribution in [0.4, 0.5) is 0 Å². The van der Waals surface area contributed by atoms with Crippen LogP contribution in [0, 0.1) is 5.92 Å². The van der Waals surface area contributed by atoms with Gasteiger partial charge in [0.1, 0.15) is 5.75 Å². The second kappa shape index (κ2) is 6.90. The molecule has 0 saturated carbocycles. The number of carbonyl (C=O) groups excluding carboxylic acids is 1. The molecule has 0 fully saturated rings. The van der Waals surface area contributed by atoms with E-state index < -0.39 is 0 Å². The number of ketones is 1. The first-order valence-electron chi connectivity index (χ1n) is 6.95. The van der Waals surface area contributed by atoms with E-state index in [1.165, 1.54) is 5.56 Å². The Morgan fingerprint density at radius 1 is 1.05 bits per heavy atom. The van der Waals surface area contributed by atoms with Gasteiger partial charge >= 0.3 is 0 Å². The van der Waals surface area contributed by atoms with Gasteiger partial charge in [-0.3, -0.25) is 4.79 Å². The number of para-hydroxylation sites is 1. The highest BCUT2D eigenvalue weighted by Gasteiger charge is 2.08. The molecule has 20 heavy (non-hydrogen) atoms. The zero-order valence-electron chi connectivity index (χ0n) is 12.0. The predicted molar refractivity (Wildman–Crippen MR) is 81.3 cm³/mol. The van der Waals surface area contributed by atoms with Gasteiger partial charge in [0.25, 0.3) is 0 Å². The smallest absolute Gasteiger partial charge is 0.200 e. The minimum Gasteiger partial charge on any atom is -0.485 e. The number of Topliss-reactive ketones (excluding diaryl/α,β-unsaturated/α-hetero) is 1. The van der Waals surface area contributed by atoms with Crippen LogP contribution in [0.2, 0.25) is 0 Å². The normalized spacial score (nSPS) is 10.6. The Kier molecular flexibility index (Phi) is 4.94. The maximum Gasteiger partial charge on any atom is 0.200 e. The van der Waals surface area contributed by atoms with Crippen molar-refractivity contribution in [2.45, 2.75) is 20.3 Å². The first-order valence-corrected chi connectivity index (χ1v) is 6.95. The summed E-state index contributed by atoms with van der Waals surface area (Å²) in [6.07, 6.45) is 0.987. The molecule has 0 aliphatic rings. The molecule has 0 bridgehead atoms. The fourth-order valence-corrected chi connectivity index (χ4v) is 2.09. The molecule has 2 aromatic carbocycles. The van der Waals surface area contributed by atoms with Gasteiger partial charge in [-0.1, -0.05) is 50.2 Å². The van der Waals surface area contributed by atoms with E-state index in [0.29, 0.717) is 5.92 Å². The van der Waals surface area contributed by atoms with Crippen molar-refractivity contribution in [1.82, 2.24) is 0 Å². The largest absolute Gasteiger partial charge is 0.485 e. The average Bonchev–Trinajstić information content (AvgIpc) is 2.45. The lowest BCUT2D eigenvalue weighted by Crippen LogP contribution is -2.12. The Bertz CT molecular complexity index is 559. The van der Waals surface area contributed by atoms with Gasteiger partial charge < -0.3 is 4.74 Å². The van der Waals surface area contributed by atoms with Crippen molar-refractivity contribution in [2.24, 2.45) is 5.92 Å². The van der Waals surface area contributed by atoms with Crippen LogP contribution in [0.5, 0.6) is 5.75 Å². The summed E-state index contributed by atoms with van der Waals surface area (Å²) in [7, 11) is 0. The molecule has 0 spiro atoms. The molecule has 0 unspecified atom stereocenters. The lowest BCUT2D eigenvalue weighted by atomic mass is 10.00. The summed E-state index contributed by atoms with van der Waals surface area (Å²) in [5, 5.41) is 0. The zero-order chi connectivity index (χ0) is 14.4. The molecule has 2 rings (SSSR count). The number of hydrogen-bond donors (Lipinski definition) is 0. The van der Waals surface area contributed by atoms with Crippen molar-refractivity contribution < 1.29 is 9.53 Å². The van der Waals surface area contributed by atoms with Crippen molar-refractivity contribution in [2.75, 3.05) is 6.61 Å². The summed E-state index contributed by atoms with van der Waals surface area (Å²) in [6.45, 7) is 4.43. The Labute approximate surface area is 120 Å². The number of hydrogen-bond acceptors (Lipinski definition) is 2. The van der Waals surface area contributed by atoms with Crippen LogP contribution in [-0.4, -0.2) is 12.4 Å². The van der Waals surface area contributed by atoms with E-state index >= 15 is 0 Å². The number of rotatable bonds is 6. The van der Waals surface area contributed by atoms with Gasteiger partial charge in [0.2, 0.25) is 0 Å². The van der Waals surface area contributed by atoms with Crippen LogP contribution in [0.1, 0.15) is 29.8 Å². The molecular weight excluding hydrogens is 248 g/mol. The van der Waals surface area contributed by atoms with E-state index in [1.54, 1.807) is 0 Å². The van der Waals surface area contributed by atoms with E-state index in [1.807, 2.05) is 48.5 Å². The lowest BCUT2D eigenvalue weighted by molar-refractivity contribution is 0.0921. The van der Waals surface area contributed by atoms with Crippen molar-refractivity contribution >= 4 is 5.78 Å². The van der Waals surface area contributed by atoms with Gasteiger partial charge in [-0.2, -0.15) is 0 Å². The molecule has 0 N–H and O–H groups in total. The molecule has 2 aromatic rings. The first kappa shape index (κ1) is 14.3. The molecule has 0 aliphatic carbocycles. The van der Waals surface area contributed by atoms with Gasteiger partial charge in [0.05, 0.1) is 0 Å². The van der Waals surface area contributed by atoms with Crippen molar-refractivity contribution in [3.05, 3.63) is 65.7 Å². The highest BCUT2D eigenvalue weighted by atomic mass is 16.5. The quantitative estimate of drug-likeness (QED) is 0.736. The van der Waals surface area contributed by atoms with Crippen LogP contribution >= 0.6 is 0 Å². The van der Waals surface area contributed by atoms with Crippen LogP contribution in [0.15, 0.2) is 54.6 Å². The summed E-state index contributed by atoms with van der Waals surface area (Å²) in [6, 6.07) is 17.2. The summed E-state index contributed by atoms with van der Waals surface area (Å²) < 4.78 is 5.49. The maximum absolute atomic E-state index is 12.1. The van der Waals surface area contributed by atoms with Crippen LogP contribution in [0.3, 0.4) is 0 Å². The number of benzene rings is 2. The van der Waals surface area contributed by atoms with E-state index in [4.69, 9.17) is 4.74 Å². The standard InChI is InChI=1S/C18H20O2/c1-14(2)11-15-7-6-8-16(12-15)18(19)13-20-17-9-4-3-5-10-17/h3-10,12,14H,11,13H2,1-2H3. The van der Waals surface area contributed by atoms with Gasteiger partial charge in [0, 0.05) is 5.56 Å². The molecule has 0 saturated heterocycles. The monoisotopic (exact) mass is 268 g/mol. The predicted octanol–water partition coefficient (Wildman–Crippen LogP) is 4.15. The van der Waals surface area contributed by atoms with E-state index in [2.05, 4.69) is 19.9 Å². The highest BCUT2D eigenvalue weighted by Crippen LogP contribution is 2.13. The topological polar surface area (TPSA) is 26.3 Å². The SMILES string of the molecule is CC(C)Cc1cccc(C(=O)COc2ccccc2)c1. The second-order valence-corrected chi connectivity index (χ2v) is 5.32. The third-order valence-corrected chi connectivity index (χ3v) is 3.01. The molecule has 104 valence electrons. The number of carbonyl (C=O) groups is 1. The fraction of sp³-hybridized carbons (Fsp3) is 0.278. The highest BCUT2D eigenvalue weighted by molar-refractivity contribution is 5.97. The fourth-order valence-electron chi connectivity index (χ4n) is 2.09. The van der Waals surface area contributed by atoms with E-state index in [-0.39, 0.29) is 12.4 Å². The minimum absolute atomic E-state index is 0.0134. The third kappa shape index (κ3) is 4.23. The summed E-state index contributed by atoms with van der Waals surface area (Å²) in [5.41, 5.74) is 1.92. The average molecular weight is 268 g/mol. The third-order valence-electron chi connectivity index (χ3n) is 3.01. The van der Waals surface area contributed by atoms with Gasteiger partial charge in [-0.15, -0.1) is 0 Å². The number of ether oxygens (including phenoxy) is 1. The molecule has 0 aliphatic heterocycles. The zero-order valence-corrected chi connectivity index (χ0v) is 12.0. The Hall–Kier alpha value is -2.09. The Balaban J connectivity index is 1.98. The van der Waals surface area contributed by atoms with Crippen LogP contribution < -0.4 is 4.74 Å². The summed E-state index contributed by atoms with van der Waals surface area (Å²) in [4.78, 5) is 12.1. The molecule has 0 aromatic heterocycles.